The lowest BCUT2D eigenvalue weighted by Crippen LogP contribution is -2.41. The minimum absolute atomic E-state index is 0.0546. The molecule has 3 rings (SSSR count). The molecule has 5 nitrogen and oxygen atoms in total. The number of amides is 1. The smallest absolute Gasteiger partial charge is 0.227 e. The van der Waals surface area contributed by atoms with Gasteiger partial charge < -0.3 is 5.32 Å². The van der Waals surface area contributed by atoms with Gasteiger partial charge in [-0.25, -0.2) is 4.98 Å². The van der Waals surface area contributed by atoms with Crippen molar-refractivity contribution in [1.82, 2.24) is 14.9 Å². The molecular formula is C18H24N4OS. The first kappa shape index (κ1) is 17.0. The van der Waals surface area contributed by atoms with E-state index in [1.165, 1.54) is 30.6 Å². The first-order valence-corrected chi connectivity index (χ1v) is 9.52. The van der Waals surface area contributed by atoms with E-state index in [-0.39, 0.29) is 5.91 Å². The molecule has 0 saturated carbocycles. The lowest BCUT2D eigenvalue weighted by Gasteiger charge is -2.35. The Morgan fingerprint density at radius 3 is 3.04 bits per heavy atom. The van der Waals surface area contributed by atoms with E-state index in [0.29, 0.717) is 17.6 Å². The van der Waals surface area contributed by atoms with Gasteiger partial charge in [0.1, 0.15) is 0 Å². The van der Waals surface area contributed by atoms with Gasteiger partial charge in [-0.05, 0) is 44.4 Å². The standard InChI is InChI=1S/C18H24N4OS/c23-17(21-18-20-11-14-24-18)9-13-22-12-4-2-6-16(22)8-7-15-5-1-3-10-19-15/h1,3,5,10-11,14,16H,2,4,6-9,12-13H2,(H,20,21,23)/t16-/m0/s1. The van der Waals surface area contributed by atoms with Crippen molar-refractivity contribution in [2.45, 2.75) is 44.6 Å². The quantitative estimate of drug-likeness (QED) is 0.837. The van der Waals surface area contributed by atoms with E-state index in [9.17, 15) is 4.79 Å². The zero-order valence-corrected chi connectivity index (χ0v) is 14.7. The predicted molar refractivity (Wildman–Crippen MR) is 97.1 cm³/mol. The molecule has 1 N–H and O–H groups in total. The van der Waals surface area contributed by atoms with Gasteiger partial charge in [-0.15, -0.1) is 11.3 Å². The maximum Gasteiger partial charge on any atom is 0.227 e. The molecule has 3 heterocycles. The maximum absolute atomic E-state index is 12.1. The van der Waals surface area contributed by atoms with Crippen LogP contribution in [-0.2, 0) is 11.2 Å². The van der Waals surface area contributed by atoms with Gasteiger partial charge in [-0.1, -0.05) is 12.5 Å². The van der Waals surface area contributed by atoms with Crippen molar-refractivity contribution in [1.29, 1.82) is 0 Å². The molecule has 0 spiro atoms. The van der Waals surface area contributed by atoms with Gasteiger partial charge in [0.2, 0.25) is 5.91 Å². The van der Waals surface area contributed by atoms with Crippen molar-refractivity contribution < 1.29 is 4.79 Å². The van der Waals surface area contributed by atoms with Crippen LogP contribution in [0.25, 0.3) is 0 Å². The van der Waals surface area contributed by atoms with Crippen molar-refractivity contribution in [2.24, 2.45) is 0 Å². The van der Waals surface area contributed by atoms with E-state index in [1.807, 2.05) is 23.7 Å². The molecule has 0 bridgehead atoms. The number of pyridine rings is 1. The average molecular weight is 344 g/mol. The largest absolute Gasteiger partial charge is 0.302 e. The second-order valence-corrected chi connectivity index (χ2v) is 7.08. The van der Waals surface area contributed by atoms with E-state index < -0.39 is 0 Å². The summed E-state index contributed by atoms with van der Waals surface area (Å²) in [5.74, 6) is 0.0546. The summed E-state index contributed by atoms with van der Waals surface area (Å²) in [7, 11) is 0. The summed E-state index contributed by atoms with van der Waals surface area (Å²) in [4.78, 5) is 23.0. The fraction of sp³-hybridized carbons (Fsp3) is 0.500. The number of nitrogens with zero attached hydrogens (tertiary/aromatic N) is 3. The highest BCUT2D eigenvalue weighted by molar-refractivity contribution is 7.13. The lowest BCUT2D eigenvalue weighted by molar-refractivity contribution is -0.116. The molecule has 6 heteroatoms. The Bertz CT molecular complexity index is 617. The molecule has 24 heavy (non-hydrogen) atoms. The van der Waals surface area contributed by atoms with Crippen LogP contribution in [0.15, 0.2) is 36.0 Å². The van der Waals surface area contributed by atoms with Crippen LogP contribution in [0, 0.1) is 0 Å². The van der Waals surface area contributed by atoms with Crippen LogP contribution in [0.1, 0.15) is 37.8 Å². The number of hydrogen-bond donors (Lipinski definition) is 1. The van der Waals surface area contributed by atoms with Crippen LogP contribution in [0.4, 0.5) is 5.13 Å². The molecule has 1 aliphatic heterocycles. The maximum atomic E-state index is 12.1. The fourth-order valence-electron chi connectivity index (χ4n) is 3.25. The third kappa shape index (κ3) is 5.11. The summed E-state index contributed by atoms with van der Waals surface area (Å²) in [6, 6.07) is 6.66. The van der Waals surface area contributed by atoms with Gasteiger partial charge in [-0.3, -0.25) is 14.7 Å². The number of carbonyl (C=O) groups is 1. The molecule has 2 aromatic rings. The third-order valence-corrected chi connectivity index (χ3v) is 5.20. The van der Waals surface area contributed by atoms with Crippen LogP contribution in [0.3, 0.4) is 0 Å². The number of carbonyl (C=O) groups excluding carboxylic acids is 1. The van der Waals surface area contributed by atoms with Gasteiger partial charge in [-0.2, -0.15) is 0 Å². The van der Waals surface area contributed by atoms with E-state index in [0.717, 1.165) is 31.6 Å². The summed E-state index contributed by atoms with van der Waals surface area (Å²) in [5, 5.41) is 5.42. The Hall–Kier alpha value is -1.79. The van der Waals surface area contributed by atoms with E-state index in [1.54, 1.807) is 6.20 Å². The zero-order valence-electron chi connectivity index (χ0n) is 13.9. The Morgan fingerprint density at radius 2 is 2.25 bits per heavy atom. The molecule has 1 fully saturated rings. The predicted octanol–water partition coefficient (Wildman–Crippen LogP) is 3.35. The third-order valence-electron chi connectivity index (χ3n) is 4.51. The number of hydrogen-bond acceptors (Lipinski definition) is 5. The summed E-state index contributed by atoms with van der Waals surface area (Å²) in [6.07, 6.45) is 9.96. The lowest BCUT2D eigenvalue weighted by atomic mass is 9.97. The fourth-order valence-corrected chi connectivity index (χ4v) is 3.80. The van der Waals surface area contributed by atoms with E-state index in [4.69, 9.17) is 0 Å². The molecule has 1 amide bonds. The van der Waals surface area contributed by atoms with Crippen molar-refractivity contribution in [3.8, 4) is 0 Å². The molecule has 2 aromatic heterocycles. The van der Waals surface area contributed by atoms with Crippen molar-refractivity contribution in [3.05, 3.63) is 41.7 Å². The van der Waals surface area contributed by atoms with Crippen LogP contribution in [0.5, 0.6) is 0 Å². The monoisotopic (exact) mass is 344 g/mol. The molecule has 0 radical (unpaired) electrons. The van der Waals surface area contributed by atoms with Crippen LogP contribution in [-0.4, -0.2) is 39.9 Å². The molecule has 0 aromatic carbocycles. The molecular weight excluding hydrogens is 320 g/mol. The Kier molecular flexibility index (Phi) is 6.32. The van der Waals surface area contributed by atoms with E-state index >= 15 is 0 Å². The van der Waals surface area contributed by atoms with Crippen LogP contribution >= 0.6 is 11.3 Å². The number of thiazole rings is 1. The Morgan fingerprint density at radius 1 is 1.29 bits per heavy atom. The van der Waals surface area contributed by atoms with Gasteiger partial charge in [0.05, 0.1) is 0 Å². The number of aryl methyl sites for hydroxylation is 1. The molecule has 1 saturated heterocycles. The molecule has 1 aliphatic rings. The summed E-state index contributed by atoms with van der Waals surface area (Å²) in [5.41, 5.74) is 1.16. The second-order valence-electron chi connectivity index (χ2n) is 6.18. The Balaban J connectivity index is 1.46. The summed E-state index contributed by atoms with van der Waals surface area (Å²) in [6.45, 7) is 1.92. The Labute approximate surface area is 147 Å². The highest BCUT2D eigenvalue weighted by Gasteiger charge is 2.22. The van der Waals surface area contributed by atoms with Gasteiger partial charge in [0, 0.05) is 42.5 Å². The van der Waals surface area contributed by atoms with Gasteiger partial charge >= 0.3 is 0 Å². The molecule has 128 valence electrons. The molecule has 0 aliphatic carbocycles. The topological polar surface area (TPSA) is 58.1 Å². The highest BCUT2D eigenvalue weighted by Crippen LogP contribution is 2.21. The second kappa shape index (κ2) is 8.89. The molecule has 0 unspecified atom stereocenters. The van der Waals surface area contributed by atoms with Gasteiger partial charge in [0.15, 0.2) is 5.13 Å². The summed E-state index contributed by atoms with van der Waals surface area (Å²) < 4.78 is 0. The normalized spacial score (nSPS) is 18.4. The highest BCUT2D eigenvalue weighted by atomic mass is 32.1. The number of likely N-dealkylation sites (tertiary alicyclic amines) is 1. The minimum atomic E-state index is 0.0546. The van der Waals surface area contributed by atoms with Crippen molar-refractivity contribution in [2.75, 3.05) is 18.4 Å². The van der Waals surface area contributed by atoms with Crippen molar-refractivity contribution in [3.63, 3.8) is 0 Å². The SMILES string of the molecule is O=C(CCN1CCCC[C@H]1CCc1ccccn1)Nc1nccs1. The average Bonchev–Trinajstić information content (AvgIpc) is 3.13. The van der Waals surface area contributed by atoms with Crippen molar-refractivity contribution >= 4 is 22.4 Å². The first-order chi connectivity index (χ1) is 11.8. The number of piperidine rings is 1. The summed E-state index contributed by atoms with van der Waals surface area (Å²) >= 11 is 1.46. The number of rotatable bonds is 7. The van der Waals surface area contributed by atoms with Crippen LogP contribution in [0.2, 0.25) is 0 Å². The zero-order chi connectivity index (χ0) is 16.6. The molecule has 1 atom stereocenters. The minimum Gasteiger partial charge on any atom is -0.302 e. The number of nitrogens with one attached hydrogen (secondary N) is 1. The van der Waals surface area contributed by atoms with E-state index in [2.05, 4.69) is 26.3 Å². The number of anilines is 1. The first-order valence-electron chi connectivity index (χ1n) is 8.64. The van der Waals surface area contributed by atoms with Crippen LogP contribution < -0.4 is 5.32 Å². The number of aromatic nitrogens is 2. The van der Waals surface area contributed by atoms with Gasteiger partial charge in [0.25, 0.3) is 0 Å².